The number of nitrogens with one attached hydrogen (secondary N) is 1. The van der Waals surface area contributed by atoms with E-state index < -0.39 is 45.1 Å². The van der Waals surface area contributed by atoms with E-state index in [2.05, 4.69) is 67.6 Å². The number of fused-ring (bicyclic) bond motifs is 3. The highest BCUT2D eigenvalue weighted by Crippen LogP contribution is 2.74. The first kappa shape index (κ1) is 36.5. The van der Waals surface area contributed by atoms with Crippen LogP contribution in [0.2, 0.25) is 0 Å². The normalized spacial score (nSPS) is 44.9. The maximum absolute atomic E-state index is 14.9. The topological polar surface area (TPSA) is 111 Å². The minimum atomic E-state index is -1.05. The van der Waals surface area contributed by atoms with E-state index in [0.29, 0.717) is 38.1 Å². The zero-order chi connectivity index (χ0) is 35.1. The summed E-state index contributed by atoms with van der Waals surface area (Å²) in [6, 6.07) is 0. The van der Waals surface area contributed by atoms with Crippen LogP contribution in [0.3, 0.4) is 0 Å². The van der Waals surface area contributed by atoms with Crippen molar-refractivity contribution in [3.05, 3.63) is 11.6 Å². The number of aliphatic carboxylic acids is 1. The van der Waals surface area contributed by atoms with Crippen LogP contribution in [0, 0.1) is 62.6 Å². The molecule has 5 rings (SSSR count). The molecule has 5 aliphatic rings. The van der Waals surface area contributed by atoms with Crippen molar-refractivity contribution in [2.75, 3.05) is 26.9 Å². The molecule has 47 heavy (non-hydrogen) atoms. The second kappa shape index (κ2) is 11.9. The highest BCUT2D eigenvalue weighted by Gasteiger charge is 2.74. The molecule has 0 unspecified atom stereocenters. The number of likely N-dealkylation sites (N-methyl/N-ethyl adjacent to an activating group) is 1. The number of carbonyl (C=O) groups is 3. The molecule has 2 bridgehead atoms. The quantitative estimate of drug-likeness (QED) is 0.264. The van der Waals surface area contributed by atoms with Crippen LogP contribution >= 0.6 is 0 Å². The number of carbonyl (C=O) groups excluding carboxylic acids is 2. The Kier molecular flexibility index (Phi) is 9.27. The van der Waals surface area contributed by atoms with Gasteiger partial charge in [0.1, 0.15) is 12.2 Å². The highest BCUT2D eigenvalue weighted by atomic mass is 16.6. The van der Waals surface area contributed by atoms with Crippen molar-refractivity contribution in [3.63, 3.8) is 0 Å². The molecule has 0 amide bonds. The third-order valence-electron chi connectivity index (χ3n) is 15.7. The van der Waals surface area contributed by atoms with E-state index in [1.54, 1.807) is 0 Å². The summed E-state index contributed by atoms with van der Waals surface area (Å²) < 4.78 is 19.6. The monoisotopic (exact) mass is 657 g/mol. The number of rotatable bonds is 9. The largest absolute Gasteiger partial charge is 0.481 e. The number of hydrogen-bond donors (Lipinski definition) is 2. The van der Waals surface area contributed by atoms with E-state index in [1.807, 2.05) is 20.0 Å². The molecule has 2 N–H and O–H groups in total. The van der Waals surface area contributed by atoms with Gasteiger partial charge in [-0.05, 0) is 92.6 Å². The van der Waals surface area contributed by atoms with Crippen molar-refractivity contribution in [2.24, 2.45) is 62.6 Å². The van der Waals surface area contributed by atoms with E-state index >= 15 is 0 Å². The molecule has 1 saturated heterocycles. The van der Waals surface area contributed by atoms with E-state index in [0.717, 1.165) is 31.3 Å². The van der Waals surface area contributed by atoms with E-state index in [4.69, 9.17) is 14.2 Å². The van der Waals surface area contributed by atoms with Crippen LogP contribution in [-0.4, -0.2) is 67.4 Å². The second-order valence-electron chi connectivity index (χ2n) is 18.1. The lowest BCUT2D eigenvalue weighted by Gasteiger charge is -2.70. The molecule has 3 saturated carbocycles. The minimum absolute atomic E-state index is 0.0390. The molecule has 8 nitrogen and oxygen atoms in total. The summed E-state index contributed by atoms with van der Waals surface area (Å²) in [7, 11) is 1.96. The summed E-state index contributed by atoms with van der Waals surface area (Å²) in [5, 5.41) is 14.4. The molecule has 1 aliphatic heterocycles. The van der Waals surface area contributed by atoms with E-state index in [1.165, 1.54) is 6.92 Å². The standard InChI is InChI=1S/C39H63NO7/c1-22(2)24(5)34(7)15-16-36(9)26-13-14-29-35(8)19-45-21-39(29,27(26)17-30(42)38(36,11)31(34)33(43)44)18-28(47-25(6)41)32(35)46-20-37(10,40-12)23(3)4/h17,22-24,26,28-29,31-32,40H,13-16,18-21H2,1-12H3,(H,43,44)/t24-,26+,28-,29+,31-,32+,34-,35-,36-,37+,38+,39+/m1/s1. The van der Waals surface area contributed by atoms with Gasteiger partial charge >= 0.3 is 11.9 Å². The van der Waals surface area contributed by atoms with Crippen molar-refractivity contribution in [3.8, 4) is 0 Å². The predicted octanol–water partition coefficient (Wildman–Crippen LogP) is 6.70. The number of ketones is 1. The minimum Gasteiger partial charge on any atom is -0.481 e. The molecular weight excluding hydrogens is 594 g/mol. The summed E-state index contributed by atoms with van der Waals surface area (Å²) >= 11 is 0. The van der Waals surface area contributed by atoms with Gasteiger partial charge < -0.3 is 24.6 Å². The number of carboxylic acid groups (broad SMARTS) is 1. The number of allylic oxidation sites excluding steroid dienone is 1. The molecule has 4 fully saturated rings. The molecule has 0 aromatic rings. The second-order valence-corrected chi connectivity index (χ2v) is 18.1. The maximum Gasteiger partial charge on any atom is 0.308 e. The Bertz CT molecular complexity index is 1310. The fourth-order valence-electron chi connectivity index (χ4n) is 11.8. The Hall–Kier alpha value is -1.77. The van der Waals surface area contributed by atoms with Crippen LogP contribution < -0.4 is 5.32 Å². The first-order valence-corrected chi connectivity index (χ1v) is 18.2. The average Bonchev–Trinajstić information content (AvgIpc) is 2.97. The Labute approximate surface area is 283 Å². The lowest BCUT2D eigenvalue weighted by molar-refractivity contribution is -0.268. The van der Waals surface area contributed by atoms with Crippen LogP contribution in [-0.2, 0) is 28.6 Å². The molecule has 0 aromatic heterocycles. The van der Waals surface area contributed by atoms with Crippen LogP contribution in [0.4, 0.5) is 0 Å². The predicted molar refractivity (Wildman–Crippen MR) is 182 cm³/mol. The van der Waals surface area contributed by atoms with Gasteiger partial charge in [-0.2, -0.15) is 0 Å². The smallest absolute Gasteiger partial charge is 0.308 e. The van der Waals surface area contributed by atoms with Gasteiger partial charge in [-0.15, -0.1) is 0 Å². The molecule has 0 radical (unpaired) electrons. The van der Waals surface area contributed by atoms with Gasteiger partial charge in [-0.1, -0.05) is 67.9 Å². The summed E-state index contributed by atoms with van der Waals surface area (Å²) in [5.41, 5.74) is -2.19. The first-order chi connectivity index (χ1) is 21.7. The van der Waals surface area contributed by atoms with E-state index in [-0.39, 0.29) is 41.1 Å². The van der Waals surface area contributed by atoms with Gasteiger partial charge in [0.2, 0.25) is 0 Å². The van der Waals surface area contributed by atoms with Crippen molar-refractivity contribution < 1.29 is 33.7 Å². The Morgan fingerprint density at radius 2 is 1.74 bits per heavy atom. The molecule has 0 aromatic carbocycles. The molecule has 4 aliphatic carbocycles. The highest BCUT2D eigenvalue weighted by molar-refractivity contribution is 6.00. The van der Waals surface area contributed by atoms with Crippen molar-refractivity contribution in [1.82, 2.24) is 5.32 Å². The molecular formula is C39H63NO7. The van der Waals surface area contributed by atoms with Crippen molar-refractivity contribution in [2.45, 2.75) is 126 Å². The van der Waals surface area contributed by atoms with Gasteiger partial charge in [-0.3, -0.25) is 14.4 Å². The fraction of sp³-hybridized carbons (Fsp3) is 0.872. The molecule has 266 valence electrons. The van der Waals surface area contributed by atoms with Crippen molar-refractivity contribution >= 4 is 17.7 Å². The summed E-state index contributed by atoms with van der Waals surface area (Å²) in [6.45, 7) is 24.4. The molecule has 1 heterocycles. The molecule has 8 heteroatoms. The number of carboxylic acids is 1. The Morgan fingerprint density at radius 3 is 2.30 bits per heavy atom. The number of ether oxygens (including phenoxy) is 3. The first-order valence-electron chi connectivity index (χ1n) is 18.2. The van der Waals surface area contributed by atoms with Gasteiger partial charge in [0.25, 0.3) is 0 Å². The molecule has 12 atom stereocenters. The summed E-state index contributed by atoms with van der Waals surface area (Å²) in [6.07, 6.45) is 4.92. The number of esters is 1. The van der Waals surface area contributed by atoms with Gasteiger partial charge in [-0.25, -0.2) is 0 Å². The van der Waals surface area contributed by atoms with Crippen LogP contribution in [0.15, 0.2) is 11.6 Å². The van der Waals surface area contributed by atoms with Gasteiger partial charge in [0, 0.05) is 28.7 Å². The zero-order valence-electron chi connectivity index (χ0n) is 31.2. The fourth-order valence-corrected chi connectivity index (χ4v) is 11.8. The Balaban J connectivity index is 1.61. The Morgan fingerprint density at radius 1 is 1.09 bits per heavy atom. The van der Waals surface area contributed by atoms with Crippen LogP contribution in [0.25, 0.3) is 0 Å². The SMILES string of the molecule is CN[C@@](C)(CO[C@H]1[C@H](OC(C)=O)C[C@@]23COC[C@]1(C)[C@@H]2CC[C@H]1C3=CC(=O)[C@@]2(C)[C@H](C(=O)O)[C@@](C)([C@H](C)C(C)C)CC[C@]12C)C(C)C. The van der Waals surface area contributed by atoms with E-state index in [9.17, 15) is 19.5 Å². The van der Waals surface area contributed by atoms with Gasteiger partial charge in [0.15, 0.2) is 5.78 Å². The average molecular weight is 658 g/mol. The lowest BCUT2D eigenvalue weighted by atomic mass is 9.34. The van der Waals surface area contributed by atoms with Gasteiger partial charge in [0.05, 0.1) is 25.7 Å². The van der Waals surface area contributed by atoms with Crippen LogP contribution in [0.5, 0.6) is 0 Å². The summed E-state index contributed by atoms with van der Waals surface area (Å²) in [4.78, 5) is 40.9. The zero-order valence-corrected chi connectivity index (χ0v) is 31.2. The third kappa shape index (κ3) is 5.03. The number of hydrogen-bond acceptors (Lipinski definition) is 7. The summed E-state index contributed by atoms with van der Waals surface area (Å²) in [5.74, 6) is -1.08. The molecule has 0 spiro atoms. The third-order valence-corrected chi connectivity index (χ3v) is 15.7. The van der Waals surface area contributed by atoms with Crippen LogP contribution in [0.1, 0.15) is 108 Å². The van der Waals surface area contributed by atoms with Crippen molar-refractivity contribution in [1.29, 1.82) is 0 Å². The lowest BCUT2D eigenvalue weighted by Crippen LogP contribution is -2.71. The maximum atomic E-state index is 14.9.